The number of pyridine rings is 1. The third-order valence-corrected chi connectivity index (χ3v) is 3.58. The van der Waals surface area contributed by atoms with E-state index < -0.39 is 0 Å². The second kappa shape index (κ2) is 4.36. The van der Waals surface area contributed by atoms with E-state index in [9.17, 15) is 0 Å². The topological polar surface area (TPSA) is 16.1 Å². The number of hydrogen-bond acceptors (Lipinski definition) is 2. The van der Waals surface area contributed by atoms with Crippen LogP contribution in [0.5, 0.6) is 0 Å². The molecule has 2 aromatic rings. The zero-order valence-electron chi connectivity index (χ0n) is 9.97. The summed E-state index contributed by atoms with van der Waals surface area (Å²) in [6.45, 7) is 6.38. The highest BCUT2D eigenvalue weighted by atomic mass is 15.1. The maximum Gasteiger partial charge on any atom is 0.0722 e. The Kier molecular flexibility index (Phi) is 2.71. The first kappa shape index (κ1) is 10.6. The fourth-order valence-corrected chi connectivity index (χ4v) is 2.53. The highest BCUT2D eigenvalue weighted by Gasteiger charge is 2.17. The van der Waals surface area contributed by atoms with Crippen molar-refractivity contribution < 1.29 is 0 Å². The lowest BCUT2D eigenvalue weighted by Crippen LogP contribution is -2.32. The van der Waals surface area contributed by atoms with E-state index in [1.165, 1.54) is 23.9 Å². The molecule has 2 heterocycles. The second-order valence-corrected chi connectivity index (χ2v) is 4.78. The lowest BCUT2D eigenvalue weighted by molar-refractivity contribution is 0.476. The van der Waals surface area contributed by atoms with E-state index >= 15 is 0 Å². The summed E-state index contributed by atoms with van der Waals surface area (Å²) in [6, 6.07) is 10.5. The molecule has 0 N–H and O–H groups in total. The third-order valence-electron chi connectivity index (χ3n) is 3.58. The van der Waals surface area contributed by atoms with Gasteiger partial charge in [0.1, 0.15) is 0 Å². The van der Waals surface area contributed by atoms with Gasteiger partial charge >= 0.3 is 0 Å². The van der Waals surface area contributed by atoms with E-state index in [0.717, 1.165) is 18.6 Å². The molecule has 1 aliphatic rings. The Morgan fingerprint density at radius 1 is 1.12 bits per heavy atom. The quantitative estimate of drug-likeness (QED) is 0.740. The minimum Gasteiger partial charge on any atom is -0.371 e. The summed E-state index contributed by atoms with van der Waals surface area (Å²) in [5.74, 6) is 0.624. The highest BCUT2D eigenvalue weighted by Crippen LogP contribution is 2.28. The summed E-state index contributed by atoms with van der Waals surface area (Å²) in [6.07, 6.45) is 4.29. The number of benzene rings is 1. The van der Waals surface area contributed by atoms with Crippen LogP contribution in [0, 0.1) is 12.8 Å². The van der Waals surface area contributed by atoms with E-state index in [2.05, 4.69) is 41.1 Å². The molecular weight excluding hydrogens is 208 g/mol. The lowest BCUT2D eigenvalue weighted by atomic mass is 9.98. The Bertz CT molecular complexity index is 508. The Hall–Kier alpha value is -1.57. The molecule has 2 heteroatoms. The predicted octanol–water partition coefficient (Wildman–Crippen LogP) is 3.29. The SMILES string of the molecule is [CH2]C1CCN(c2ccnc3ccccc23)CC1. The average Bonchev–Trinajstić information content (AvgIpc) is 2.39. The van der Waals surface area contributed by atoms with Crippen LogP contribution < -0.4 is 4.90 Å². The van der Waals surface area contributed by atoms with Crippen LogP contribution >= 0.6 is 0 Å². The summed E-state index contributed by atoms with van der Waals surface area (Å²) in [5, 5.41) is 1.26. The first-order valence-electron chi connectivity index (χ1n) is 6.26. The molecule has 1 radical (unpaired) electrons. The minimum absolute atomic E-state index is 0.624. The van der Waals surface area contributed by atoms with E-state index in [0.29, 0.717) is 5.92 Å². The molecule has 1 aromatic heterocycles. The molecule has 87 valence electrons. The first-order valence-corrected chi connectivity index (χ1v) is 6.26. The van der Waals surface area contributed by atoms with E-state index in [1.807, 2.05) is 12.3 Å². The van der Waals surface area contributed by atoms with Crippen molar-refractivity contribution in [1.29, 1.82) is 0 Å². The van der Waals surface area contributed by atoms with Gasteiger partial charge in [0.25, 0.3) is 0 Å². The van der Waals surface area contributed by atoms with E-state index in [-0.39, 0.29) is 0 Å². The van der Waals surface area contributed by atoms with Gasteiger partial charge in [0.2, 0.25) is 0 Å². The van der Waals surface area contributed by atoms with Gasteiger partial charge in [-0.3, -0.25) is 4.98 Å². The van der Waals surface area contributed by atoms with Gasteiger partial charge in [-0.05, 0) is 30.9 Å². The van der Waals surface area contributed by atoms with Crippen LogP contribution in [0.25, 0.3) is 10.9 Å². The molecule has 0 atom stereocenters. The van der Waals surface area contributed by atoms with Crippen molar-refractivity contribution in [1.82, 2.24) is 4.98 Å². The largest absolute Gasteiger partial charge is 0.371 e. The van der Waals surface area contributed by atoms with Crippen LogP contribution in [0.4, 0.5) is 5.69 Å². The van der Waals surface area contributed by atoms with Crippen LogP contribution in [0.3, 0.4) is 0 Å². The Labute approximate surface area is 102 Å². The Morgan fingerprint density at radius 2 is 1.88 bits per heavy atom. The van der Waals surface area contributed by atoms with Crippen LogP contribution in [-0.4, -0.2) is 18.1 Å². The van der Waals surface area contributed by atoms with Gasteiger partial charge < -0.3 is 4.90 Å². The molecule has 0 aliphatic carbocycles. The molecular formula is C15H17N2. The molecule has 0 unspecified atom stereocenters. The first-order chi connectivity index (χ1) is 8.34. The van der Waals surface area contributed by atoms with Gasteiger partial charge in [0, 0.05) is 30.4 Å². The summed E-state index contributed by atoms with van der Waals surface area (Å²) in [4.78, 5) is 6.88. The van der Waals surface area contributed by atoms with Gasteiger partial charge in [0.05, 0.1) is 5.52 Å². The van der Waals surface area contributed by atoms with Crippen LogP contribution in [0.15, 0.2) is 36.5 Å². The van der Waals surface area contributed by atoms with Crippen molar-refractivity contribution in [3.63, 3.8) is 0 Å². The standard InChI is InChI=1S/C15H17N2/c1-12-7-10-17(11-8-12)15-6-9-16-14-5-3-2-4-13(14)15/h2-6,9,12H,1,7-8,10-11H2. The number of anilines is 1. The van der Waals surface area contributed by atoms with Gasteiger partial charge in [0.15, 0.2) is 0 Å². The van der Waals surface area contributed by atoms with Crippen molar-refractivity contribution in [3.8, 4) is 0 Å². The van der Waals surface area contributed by atoms with Crippen LogP contribution in [0.2, 0.25) is 0 Å². The molecule has 3 rings (SSSR count). The van der Waals surface area contributed by atoms with Crippen molar-refractivity contribution in [2.75, 3.05) is 18.0 Å². The lowest BCUT2D eigenvalue weighted by Gasteiger charge is -2.32. The minimum atomic E-state index is 0.624. The number of piperidine rings is 1. The maximum absolute atomic E-state index is 4.41. The number of para-hydroxylation sites is 1. The van der Waals surface area contributed by atoms with Gasteiger partial charge in [-0.2, -0.15) is 0 Å². The van der Waals surface area contributed by atoms with E-state index in [4.69, 9.17) is 0 Å². The highest BCUT2D eigenvalue weighted by molar-refractivity contribution is 5.91. The molecule has 0 saturated carbocycles. The summed E-state index contributed by atoms with van der Waals surface area (Å²) >= 11 is 0. The smallest absolute Gasteiger partial charge is 0.0722 e. The summed E-state index contributed by atoms with van der Waals surface area (Å²) < 4.78 is 0. The molecule has 1 aliphatic heterocycles. The van der Waals surface area contributed by atoms with E-state index in [1.54, 1.807) is 0 Å². The molecule has 0 spiro atoms. The number of nitrogens with zero attached hydrogens (tertiary/aromatic N) is 2. The fraction of sp³-hybridized carbons (Fsp3) is 0.333. The molecule has 0 bridgehead atoms. The predicted molar refractivity (Wildman–Crippen MR) is 72.0 cm³/mol. The molecule has 1 aromatic carbocycles. The molecule has 0 amide bonds. The maximum atomic E-state index is 4.41. The van der Waals surface area contributed by atoms with Crippen molar-refractivity contribution in [3.05, 3.63) is 43.5 Å². The zero-order valence-corrected chi connectivity index (χ0v) is 9.97. The normalized spacial score (nSPS) is 17.6. The monoisotopic (exact) mass is 225 g/mol. The van der Waals surface area contributed by atoms with Crippen LogP contribution in [0.1, 0.15) is 12.8 Å². The number of hydrogen-bond donors (Lipinski definition) is 0. The summed E-state index contributed by atoms with van der Waals surface area (Å²) in [5.41, 5.74) is 2.41. The van der Waals surface area contributed by atoms with Crippen molar-refractivity contribution >= 4 is 16.6 Å². The van der Waals surface area contributed by atoms with Crippen molar-refractivity contribution in [2.24, 2.45) is 5.92 Å². The van der Waals surface area contributed by atoms with Gasteiger partial charge in [-0.1, -0.05) is 25.1 Å². The average molecular weight is 225 g/mol. The fourth-order valence-electron chi connectivity index (χ4n) is 2.53. The Balaban J connectivity index is 2.00. The number of fused-ring (bicyclic) bond motifs is 1. The molecule has 1 saturated heterocycles. The Morgan fingerprint density at radius 3 is 2.71 bits per heavy atom. The zero-order chi connectivity index (χ0) is 11.7. The second-order valence-electron chi connectivity index (χ2n) is 4.78. The van der Waals surface area contributed by atoms with Crippen molar-refractivity contribution in [2.45, 2.75) is 12.8 Å². The van der Waals surface area contributed by atoms with Crippen LogP contribution in [-0.2, 0) is 0 Å². The third kappa shape index (κ3) is 1.99. The molecule has 1 fully saturated rings. The van der Waals surface area contributed by atoms with Gasteiger partial charge in [-0.25, -0.2) is 0 Å². The number of aromatic nitrogens is 1. The number of rotatable bonds is 1. The molecule has 17 heavy (non-hydrogen) atoms. The van der Waals surface area contributed by atoms with Gasteiger partial charge in [-0.15, -0.1) is 0 Å². The molecule has 2 nitrogen and oxygen atoms in total. The summed E-state index contributed by atoms with van der Waals surface area (Å²) in [7, 11) is 0.